The molecule has 0 unspecified atom stereocenters. The molecule has 0 radical (unpaired) electrons. The number of rotatable bonds is 6. The highest BCUT2D eigenvalue weighted by molar-refractivity contribution is 5.95. The Balaban J connectivity index is 0.000000321. The summed E-state index contributed by atoms with van der Waals surface area (Å²) in [5.74, 6) is -2.79. The summed E-state index contributed by atoms with van der Waals surface area (Å²) in [6.07, 6.45) is -0.310. The molecule has 1 amide bonds. The quantitative estimate of drug-likeness (QED) is 0.520. The largest absolute Gasteiger partial charge is 0.480 e. The lowest BCUT2D eigenvalue weighted by atomic mass is 10.0. The summed E-state index contributed by atoms with van der Waals surface area (Å²) in [6, 6.07) is 12.6. The lowest BCUT2D eigenvalue weighted by Crippen LogP contribution is -2.39. The van der Waals surface area contributed by atoms with Crippen molar-refractivity contribution in [3.8, 4) is 0 Å². The lowest BCUT2D eigenvalue weighted by Gasteiger charge is -2.23. The minimum Gasteiger partial charge on any atom is -0.480 e. The van der Waals surface area contributed by atoms with Crippen LogP contribution in [0.15, 0.2) is 42.5 Å². The highest BCUT2D eigenvalue weighted by atomic mass is 16.4. The van der Waals surface area contributed by atoms with Crippen molar-refractivity contribution in [1.82, 2.24) is 0 Å². The molecule has 0 spiro atoms. The molecule has 0 aromatic heterocycles. The maximum absolute atomic E-state index is 11.1. The SMILES string of the molecule is CC(C)(Nc1cccc2ccccc12)C(=O)O.NC(=O)C[C@H](N)C(=O)O. The molecule has 0 heterocycles. The normalized spacial score (nSPS) is 11.8. The highest BCUT2D eigenvalue weighted by Gasteiger charge is 2.26. The predicted octanol–water partition coefficient (Wildman–Crippen LogP) is 1.39. The van der Waals surface area contributed by atoms with E-state index >= 15 is 0 Å². The van der Waals surface area contributed by atoms with E-state index in [0.717, 1.165) is 16.5 Å². The van der Waals surface area contributed by atoms with Crippen LogP contribution < -0.4 is 16.8 Å². The maximum Gasteiger partial charge on any atom is 0.328 e. The molecular formula is C18H23N3O5. The number of fused-ring (bicyclic) bond motifs is 1. The molecule has 2 rings (SSSR count). The van der Waals surface area contributed by atoms with Gasteiger partial charge in [-0.15, -0.1) is 0 Å². The second-order valence-corrected chi connectivity index (χ2v) is 6.20. The van der Waals surface area contributed by atoms with Crippen molar-refractivity contribution in [3.63, 3.8) is 0 Å². The van der Waals surface area contributed by atoms with Crippen molar-refractivity contribution < 1.29 is 24.6 Å². The maximum atomic E-state index is 11.1. The summed E-state index contributed by atoms with van der Waals surface area (Å²) in [4.78, 5) is 31.0. The van der Waals surface area contributed by atoms with Crippen molar-refractivity contribution in [2.45, 2.75) is 31.8 Å². The second-order valence-electron chi connectivity index (χ2n) is 6.20. The van der Waals surface area contributed by atoms with Crippen molar-refractivity contribution in [1.29, 1.82) is 0 Å². The van der Waals surface area contributed by atoms with Gasteiger partial charge in [-0.05, 0) is 25.3 Å². The number of benzene rings is 2. The summed E-state index contributed by atoms with van der Waals surface area (Å²) in [5, 5.41) is 22.4. The number of primary amides is 1. The van der Waals surface area contributed by atoms with Gasteiger partial charge in [0.1, 0.15) is 11.6 Å². The number of aliphatic carboxylic acids is 2. The van der Waals surface area contributed by atoms with Crippen LogP contribution in [0.3, 0.4) is 0 Å². The van der Waals surface area contributed by atoms with Crippen LogP contribution in [0.25, 0.3) is 10.8 Å². The first-order valence-corrected chi connectivity index (χ1v) is 7.80. The monoisotopic (exact) mass is 361 g/mol. The lowest BCUT2D eigenvalue weighted by molar-refractivity contribution is -0.141. The molecule has 0 saturated heterocycles. The fraction of sp³-hybridized carbons (Fsp3) is 0.278. The molecule has 0 fully saturated rings. The molecule has 26 heavy (non-hydrogen) atoms. The summed E-state index contributed by atoms with van der Waals surface area (Å²) in [5.41, 5.74) is 9.43. The van der Waals surface area contributed by atoms with Gasteiger partial charge in [0.05, 0.1) is 6.42 Å². The van der Waals surface area contributed by atoms with Crippen molar-refractivity contribution in [2.24, 2.45) is 11.5 Å². The van der Waals surface area contributed by atoms with Crippen LogP contribution in [0.4, 0.5) is 5.69 Å². The van der Waals surface area contributed by atoms with E-state index in [1.54, 1.807) is 13.8 Å². The van der Waals surface area contributed by atoms with Gasteiger partial charge in [0.15, 0.2) is 0 Å². The van der Waals surface area contributed by atoms with E-state index in [4.69, 9.17) is 15.9 Å². The Morgan fingerprint density at radius 3 is 2.15 bits per heavy atom. The summed E-state index contributed by atoms with van der Waals surface area (Å²) >= 11 is 0. The van der Waals surface area contributed by atoms with E-state index in [0.29, 0.717) is 0 Å². The van der Waals surface area contributed by atoms with Crippen molar-refractivity contribution >= 4 is 34.3 Å². The van der Waals surface area contributed by atoms with Gasteiger partial charge >= 0.3 is 11.9 Å². The van der Waals surface area contributed by atoms with Crippen LogP contribution in [0.1, 0.15) is 20.3 Å². The Morgan fingerprint density at radius 2 is 1.65 bits per heavy atom. The van der Waals surface area contributed by atoms with Crippen LogP contribution in [0.5, 0.6) is 0 Å². The number of carbonyl (C=O) groups excluding carboxylic acids is 1. The molecule has 0 aliphatic rings. The van der Waals surface area contributed by atoms with E-state index in [1.807, 2.05) is 42.5 Å². The topological polar surface area (TPSA) is 156 Å². The van der Waals surface area contributed by atoms with E-state index in [2.05, 4.69) is 11.1 Å². The van der Waals surface area contributed by atoms with Gasteiger partial charge in [0, 0.05) is 11.1 Å². The molecule has 0 aliphatic heterocycles. The van der Waals surface area contributed by atoms with Gasteiger partial charge in [-0.2, -0.15) is 0 Å². The predicted molar refractivity (Wildman–Crippen MR) is 98.7 cm³/mol. The van der Waals surface area contributed by atoms with Gasteiger partial charge in [0.25, 0.3) is 0 Å². The summed E-state index contributed by atoms with van der Waals surface area (Å²) in [6.45, 7) is 3.30. The molecule has 0 aliphatic carbocycles. The van der Waals surface area contributed by atoms with Crippen LogP contribution in [-0.2, 0) is 14.4 Å². The smallest absolute Gasteiger partial charge is 0.328 e. The number of carboxylic acids is 2. The first-order chi connectivity index (χ1) is 12.0. The molecular weight excluding hydrogens is 338 g/mol. The Bertz CT molecular complexity index is 799. The zero-order valence-electron chi connectivity index (χ0n) is 14.6. The Labute approximate surface area is 150 Å². The number of carboxylic acid groups (broad SMARTS) is 2. The average molecular weight is 361 g/mol. The third-order valence-corrected chi connectivity index (χ3v) is 3.51. The fourth-order valence-electron chi connectivity index (χ4n) is 2.03. The zero-order chi connectivity index (χ0) is 19.9. The molecule has 0 bridgehead atoms. The van der Waals surface area contributed by atoms with Crippen LogP contribution in [-0.4, -0.2) is 39.6 Å². The molecule has 2 aromatic rings. The number of carbonyl (C=O) groups is 3. The van der Waals surface area contributed by atoms with Crippen LogP contribution in [0.2, 0.25) is 0 Å². The number of hydrogen-bond acceptors (Lipinski definition) is 5. The standard InChI is InChI=1S/C14H15NO2.C4H8N2O3/c1-14(2,13(16)17)15-12-9-5-7-10-6-3-4-8-11(10)12;5-2(4(8)9)1-3(6)7/h3-9,15H,1-2H3,(H,16,17);2H,1,5H2,(H2,6,7)(H,8,9)/t;2-/m.0/s1. The minimum absolute atomic E-state index is 0.310. The Morgan fingerprint density at radius 1 is 1.08 bits per heavy atom. The van der Waals surface area contributed by atoms with E-state index in [1.165, 1.54) is 0 Å². The van der Waals surface area contributed by atoms with Gasteiger partial charge < -0.3 is 27.0 Å². The van der Waals surface area contributed by atoms with Crippen molar-refractivity contribution in [3.05, 3.63) is 42.5 Å². The summed E-state index contributed by atoms with van der Waals surface area (Å²) in [7, 11) is 0. The zero-order valence-corrected chi connectivity index (χ0v) is 14.6. The Hall–Kier alpha value is -3.13. The molecule has 0 saturated carbocycles. The first kappa shape index (κ1) is 20.9. The van der Waals surface area contributed by atoms with E-state index in [9.17, 15) is 14.4 Å². The van der Waals surface area contributed by atoms with Gasteiger partial charge in [0.2, 0.25) is 5.91 Å². The average Bonchev–Trinajstić information content (AvgIpc) is 2.54. The van der Waals surface area contributed by atoms with Gasteiger partial charge in [-0.25, -0.2) is 4.79 Å². The molecule has 8 nitrogen and oxygen atoms in total. The number of nitrogens with two attached hydrogens (primary N) is 2. The van der Waals surface area contributed by atoms with E-state index < -0.39 is 29.4 Å². The van der Waals surface area contributed by atoms with Crippen molar-refractivity contribution in [2.75, 3.05) is 5.32 Å². The second kappa shape index (κ2) is 8.82. The molecule has 8 heteroatoms. The minimum atomic E-state index is -1.21. The van der Waals surface area contributed by atoms with Crippen LogP contribution >= 0.6 is 0 Å². The molecule has 1 atom stereocenters. The number of nitrogens with one attached hydrogen (secondary N) is 1. The van der Waals surface area contributed by atoms with Crippen LogP contribution in [0, 0.1) is 0 Å². The van der Waals surface area contributed by atoms with Gasteiger partial charge in [-0.3, -0.25) is 9.59 Å². The summed E-state index contributed by atoms with van der Waals surface area (Å²) < 4.78 is 0. The fourth-order valence-corrected chi connectivity index (χ4v) is 2.03. The highest BCUT2D eigenvalue weighted by Crippen LogP contribution is 2.25. The number of anilines is 1. The molecule has 2 aromatic carbocycles. The third-order valence-electron chi connectivity index (χ3n) is 3.51. The number of hydrogen-bond donors (Lipinski definition) is 5. The third kappa shape index (κ3) is 6.06. The molecule has 7 N–H and O–H groups in total. The number of amides is 1. The van der Waals surface area contributed by atoms with E-state index in [-0.39, 0.29) is 6.42 Å². The van der Waals surface area contributed by atoms with Gasteiger partial charge in [-0.1, -0.05) is 36.4 Å². The molecule has 140 valence electrons. The first-order valence-electron chi connectivity index (χ1n) is 7.80. The Kier molecular flexibility index (Phi) is 7.09.